The summed E-state index contributed by atoms with van der Waals surface area (Å²) < 4.78 is 5.21. The van der Waals surface area contributed by atoms with E-state index in [0.29, 0.717) is 11.1 Å². The van der Waals surface area contributed by atoms with Crippen molar-refractivity contribution in [2.45, 2.75) is 5.92 Å². The van der Waals surface area contributed by atoms with Crippen LogP contribution in [0.1, 0.15) is 11.7 Å². The SMILES string of the molecule is Clc1ccc(C2CNC2)o1. The highest BCUT2D eigenvalue weighted by Gasteiger charge is 2.21. The lowest BCUT2D eigenvalue weighted by Crippen LogP contribution is -2.39. The molecule has 1 aliphatic rings. The fourth-order valence-electron chi connectivity index (χ4n) is 1.04. The maximum absolute atomic E-state index is 5.60. The molecular formula is C7H8ClNO. The molecule has 0 saturated carbocycles. The largest absolute Gasteiger partial charge is 0.449 e. The van der Waals surface area contributed by atoms with Crippen LogP contribution in [0.5, 0.6) is 0 Å². The van der Waals surface area contributed by atoms with E-state index in [4.69, 9.17) is 16.0 Å². The van der Waals surface area contributed by atoms with Gasteiger partial charge in [0.15, 0.2) is 5.22 Å². The highest BCUT2D eigenvalue weighted by Crippen LogP contribution is 2.23. The van der Waals surface area contributed by atoms with Crippen LogP contribution in [0, 0.1) is 0 Å². The maximum atomic E-state index is 5.60. The van der Waals surface area contributed by atoms with Gasteiger partial charge in [-0.3, -0.25) is 0 Å². The normalized spacial score (nSPS) is 18.9. The second-order valence-electron chi connectivity index (χ2n) is 2.50. The summed E-state index contributed by atoms with van der Waals surface area (Å²) in [6.07, 6.45) is 0. The van der Waals surface area contributed by atoms with Crippen molar-refractivity contribution >= 4 is 11.6 Å². The van der Waals surface area contributed by atoms with E-state index in [1.54, 1.807) is 6.07 Å². The minimum absolute atomic E-state index is 0.488. The molecule has 1 N–H and O–H groups in total. The van der Waals surface area contributed by atoms with Crippen LogP contribution in [0.2, 0.25) is 5.22 Å². The van der Waals surface area contributed by atoms with Crippen molar-refractivity contribution in [1.29, 1.82) is 0 Å². The van der Waals surface area contributed by atoms with Crippen LogP contribution in [0.25, 0.3) is 0 Å². The molecular weight excluding hydrogens is 150 g/mol. The Morgan fingerprint density at radius 3 is 2.70 bits per heavy atom. The average molecular weight is 158 g/mol. The predicted octanol–water partition coefficient (Wildman–Crippen LogP) is 1.62. The number of nitrogens with one attached hydrogen (secondary N) is 1. The highest BCUT2D eigenvalue weighted by molar-refractivity contribution is 6.28. The van der Waals surface area contributed by atoms with Crippen LogP contribution in [-0.4, -0.2) is 13.1 Å². The van der Waals surface area contributed by atoms with Gasteiger partial charge in [0, 0.05) is 19.0 Å². The Hall–Kier alpha value is -0.470. The predicted molar refractivity (Wildman–Crippen MR) is 39.3 cm³/mol. The van der Waals surface area contributed by atoms with Gasteiger partial charge in [-0.15, -0.1) is 0 Å². The Balaban J connectivity index is 2.17. The molecule has 3 heteroatoms. The van der Waals surface area contributed by atoms with E-state index in [1.807, 2.05) is 6.07 Å². The first-order valence-corrected chi connectivity index (χ1v) is 3.70. The summed E-state index contributed by atoms with van der Waals surface area (Å²) in [5.41, 5.74) is 0. The molecule has 0 aliphatic carbocycles. The minimum atomic E-state index is 0.488. The number of halogens is 1. The molecule has 0 spiro atoms. The summed E-state index contributed by atoms with van der Waals surface area (Å²) in [4.78, 5) is 0. The zero-order chi connectivity index (χ0) is 6.97. The van der Waals surface area contributed by atoms with Crippen molar-refractivity contribution in [3.63, 3.8) is 0 Å². The van der Waals surface area contributed by atoms with Gasteiger partial charge < -0.3 is 9.73 Å². The summed E-state index contributed by atoms with van der Waals surface area (Å²) >= 11 is 5.60. The second kappa shape index (κ2) is 2.29. The lowest BCUT2D eigenvalue weighted by atomic mass is 10.0. The summed E-state index contributed by atoms with van der Waals surface area (Å²) in [5.74, 6) is 1.55. The maximum Gasteiger partial charge on any atom is 0.193 e. The Morgan fingerprint density at radius 2 is 2.30 bits per heavy atom. The molecule has 1 fully saturated rings. The van der Waals surface area contributed by atoms with E-state index in [2.05, 4.69) is 5.32 Å². The molecule has 2 heterocycles. The summed E-state index contributed by atoms with van der Waals surface area (Å²) in [5, 5.41) is 3.65. The minimum Gasteiger partial charge on any atom is -0.449 e. The third-order valence-electron chi connectivity index (χ3n) is 1.78. The van der Waals surface area contributed by atoms with Crippen LogP contribution < -0.4 is 5.32 Å². The summed E-state index contributed by atoms with van der Waals surface area (Å²) in [6, 6.07) is 3.73. The van der Waals surface area contributed by atoms with E-state index in [1.165, 1.54) is 0 Å². The first kappa shape index (κ1) is 6.25. The first-order chi connectivity index (χ1) is 4.86. The third kappa shape index (κ3) is 0.935. The van der Waals surface area contributed by atoms with Gasteiger partial charge >= 0.3 is 0 Å². The molecule has 0 amide bonds. The molecule has 54 valence electrons. The fourth-order valence-corrected chi connectivity index (χ4v) is 1.19. The van der Waals surface area contributed by atoms with Crippen molar-refractivity contribution < 1.29 is 4.42 Å². The van der Waals surface area contributed by atoms with Gasteiger partial charge in [-0.05, 0) is 23.7 Å². The molecule has 0 atom stereocenters. The average Bonchev–Trinajstić information content (AvgIpc) is 2.10. The monoisotopic (exact) mass is 157 g/mol. The first-order valence-electron chi connectivity index (χ1n) is 3.32. The fraction of sp³-hybridized carbons (Fsp3) is 0.429. The molecule has 2 rings (SSSR count). The lowest BCUT2D eigenvalue weighted by molar-refractivity contribution is 0.370. The molecule has 2 nitrogen and oxygen atoms in total. The van der Waals surface area contributed by atoms with Crippen LogP contribution in [-0.2, 0) is 0 Å². The molecule has 0 bridgehead atoms. The van der Waals surface area contributed by atoms with Gasteiger partial charge in [0.25, 0.3) is 0 Å². The quantitative estimate of drug-likeness (QED) is 0.670. The number of hydrogen-bond donors (Lipinski definition) is 1. The Kier molecular flexibility index (Phi) is 1.43. The van der Waals surface area contributed by atoms with E-state index in [0.717, 1.165) is 18.8 Å². The van der Waals surface area contributed by atoms with Gasteiger partial charge in [-0.25, -0.2) is 0 Å². The topological polar surface area (TPSA) is 25.2 Å². The molecule has 1 aliphatic heterocycles. The van der Waals surface area contributed by atoms with Crippen molar-refractivity contribution in [1.82, 2.24) is 5.32 Å². The van der Waals surface area contributed by atoms with E-state index in [9.17, 15) is 0 Å². The lowest BCUT2D eigenvalue weighted by Gasteiger charge is -2.24. The molecule has 0 radical (unpaired) electrons. The zero-order valence-electron chi connectivity index (χ0n) is 5.43. The zero-order valence-corrected chi connectivity index (χ0v) is 6.19. The van der Waals surface area contributed by atoms with Gasteiger partial charge in [-0.1, -0.05) is 0 Å². The molecule has 10 heavy (non-hydrogen) atoms. The molecule has 1 saturated heterocycles. The molecule has 1 aromatic heterocycles. The smallest absolute Gasteiger partial charge is 0.193 e. The van der Waals surface area contributed by atoms with Gasteiger partial charge in [0.05, 0.1) is 0 Å². The third-order valence-corrected chi connectivity index (χ3v) is 1.98. The molecule has 0 aromatic carbocycles. The Bertz CT molecular complexity index is 229. The summed E-state index contributed by atoms with van der Waals surface area (Å²) in [7, 11) is 0. The van der Waals surface area contributed by atoms with E-state index >= 15 is 0 Å². The van der Waals surface area contributed by atoms with Crippen molar-refractivity contribution in [2.24, 2.45) is 0 Å². The number of furan rings is 1. The highest BCUT2D eigenvalue weighted by atomic mass is 35.5. The van der Waals surface area contributed by atoms with Crippen LogP contribution in [0.15, 0.2) is 16.5 Å². The van der Waals surface area contributed by atoms with Gasteiger partial charge in [0.2, 0.25) is 0 Å². The number of hydrogen-bond acceptors (Lipinski definition) is 2. The number of rotatable bonds is 1. The van der Waals surface area contributed by atoms with Crippen molar-refractivity contribution in [2.75, 3.05) is 13.1 Å². The van der Waals surface area contributed by atoms with Crippen molar-refractivity contribution in [3.8, 4) is 0 Å². The van der Waals surface area contributed by atoms with Gasteiger partial charge in [0.1, 0.15) is 5.76 Å². The molecule has 1 aromatic rings. The van der Waals surface area contributed by atoms with Crippen LogP contribution >= 0.6 is 11.6 Å². The summed E-state index contributed by atoms with van der Waals surface area (Å²) in [6.45, 7) is 2.04. The molecule has 0 unspecified atom stereocenters. The van der Waals surface area contributed by atoms with Crippen LogP contribution in [0.4, 0.5) is 0 Å². The van der Waals surface area contributed by atoms with E-state index in [-0.39, 0.29) is 0 Å². The van der Waals surface area contributed by atoms with Crippen LogP contribution in [0.3, 0.4) is 0 Å². The van der Waals surface area contributed by atoms with Crippen molar-refractivity contribution in [3.05, 3.63) is 23.1 Å². The second-order valence-corrected chi connectivity index (χ2v) is 2.87. The Morgan fingerprint density at radius 1 is 1.50 bits per heavy atom. The van der Waals surface area contributed by atoms with Gasteiger partial charge in [-0.2, -0.15) is 0 Å². The van der Waals surface area contributed by atoms with E-state index < -0.39 is 0 Å². The standard InChI is InChI=1S/C7H8ClNO/c8-7-2-1-6(10-7)5-3-9-4-5/h1-2,5,9H,3-4H2. The Labute approximate surface area is 64.2 Å².